The SMILES string of the molecule is CC(=O)OC[C@]12C(=O)[C@]3(C)CC[C@@H]1C[C@@H]2O3. The van der Waals surface area contributed by atoms with Crippen LogP contribution in [0.25, 0.3) is 0 Å². The molecular formula is C12H16O4. The van der Waals surface area contributed by atoms with Gasteiger partial charge in [-0.15, -0.1) is 0 Å². The Balaban J connectivity index is 1.90. The van der Waals surface area contributed by atoms with Gasteiger partial charge >= 0.3 is 5.97 Å². The summed E-state index contributed by atoms with van der Waals surface area (Å²) in [5.74, 6) is 0.203. The predicted molar refractivity (Wildman–Crippen MR) is 54.7 cm³/mol. The first-order valence-electron chi connectivity index (χ1n) is 5.85. The molecule has 3 rings (SSSR count). The molecule has 1 saturated heterocycles. The molecule has 16 heavy (non-hydrogen) atoms. The molecule has 0 radical (unpaired) electrons. The smallest absolute Gasteiger partial charge is 0.302 e. The minimum Gasteiger partial charge on any atom is -0.465 e. The van der Waals surface area contributed by atoms with Crippen molar-refractivity contribution in [2.45, 2.75) is 44.8 Å². The minimum absolute atomic E-state index is 0.0168. The van der Waals surface area contributed by atoms with Gasteiger partial charge in [0.05, 0.1) is 11.5 Å². The molecule has 4 heteroatoms. The number of rotatable bonds is 2. The van der Waals surface area contributed by atoms with Gasteiger partial charge in [-0.2, -0.15) is 0 Å². The second-order valence-corrected chi connectivity index (χ2v) is 5.46. The molecule has 2 saturated carbocycles. The number of carbonyl (C=O) groups excluding carboxylic acids is 2. The summed E-state index contributed by atoms with van der Waals surface area (Å²) in [6.07, 6.45) is 2.76. The molecule has 1 heterocycles. The molecule has 0 aromatic carbocycles. The number of ether oxygens (including phenoxy) is 2. The highest BCUT2D eigenvalue weighted by molar-refractivity contribution is 5.97. The maximum Gasteiger partial charge on any atom is 0.302 e. The Labute approximate surface area is 94.3 Å². The zero-order valence-corrected chi connectivity index (χ0v) is 9.62. The lowest BCUT2D eigenvalue weighted by molar-refractivity contribution is -0.164. The van der Waals surface area contributed by atoms with E-state index in [1.807, 2.05) is 6.92 Å². The number of esters is 1. The molecule has 0 aromatic rings. The molecule has 1 aliphatic heterocycles. The number of hydrogen-bond acceptors (Lipinski definition) is 4. The first-order valence-corrected chi connectivity index (χ1v) is 5.85. The summed E-state index contributed by atoms with van der Waals surface area (Å²) in [7, 11) is 0. The topological polar surface area (TPSA) is 52.6 Å². The van der Waals surface area contributed by atoms with E-state index in [9.17, 15) is 9.59 Å². The van der Waals surface area contributed by atoms with Crippen LogP contribution in [-0.4, -0.2) is 30.1 Å². The monoisotopic (exact) mass is 224 g/mol. The molecule has 3 fully saturated rings. The molecule has 0 amide bonds. The molecule has 0 N–H and O–H groups in total. The van der Waals surface area contributed by atoms with Gasteiger partial charge in [-0.1, -0.05) is 0 Å². The summed E-state index contributed by atoms with van der Waals surface area (Å²) in [4.78, 5) is 23.3. The molecule has 4 nitrogen and oxygen atoms in total. The molecule has 4 atom stereocenters. The number of hydrogen-bond donors (Lipinski definition) is 0. The third kappa shape index (κ3) is 0.986. The van der Waals surface area contributed by atoms with Crippen LogP contribution in [0.2, 0.25) is 0 Å². The van der Waals surface area contributed by atoms with Crippen molar-refractivity contribution >= 4 is 11.8 Å². The summed E-state index contributed by atoms with van der Waals surface area (Å²) in [6.45, 7) is 3.47. The molecular weight excluding hydrogens is 208 g/mol. The Bertz CT molecular complexity index is 377. The average Bonchev–Trinajstić information content (AvgIpc) is 2.39. The van der Waals surface area contributed by atoms with Crippen LogP contribution in [-0.2, 0) is 19.1 Å². The van der Waals surface area contributed by atoms with E-state index in [1.165, 1.54) is 6.92 Å². The zero-order valence-electron chi connectivity index (χ0n) is 9.62. The highest BCUT2D eigenvalue weighted by Gasteiger charge is 2.73. The van der Waals surface area contributed by atoms with Gasteiger partial charge in [0.25, 0.3) is 0 Å². The zero-order chi connectivity index (χ0) is 11.6. The van der Waals surface area contributed by atoms with Crippen molar-refractivity contribution in [3.8, 4) is 0 Å². The van der Waals surface area contributed by atoms with E-state index in [0.717, 1.165) is 19.3 Å². The van der Waals surface area contributed by atoms with Crippen molar-refractivity contribution < 1.29 is 19.1 Å². The fourth-order valence-corrected chi connectivity index (χ4v) is 3.62. The van der Waals surface area contributed by atoms with E-state index in [-0.39, 0.29) is 24.5 Å². The van der Waals surface area contributed by atoms with Gasteiger partial charge < -0.3 is 9.47 Å². The third-order valence-corrected chi connectivity index (χ3v) is 4.59. The van der Waals surface area contributed by atoms with Gasteiger partial charge in [0.15, 0.2) is 5.78 Å². The largest absolute Gasteiger partial charge is 0.465 e. The fourth-order valence-electron chi connectivity index (χ4n) is 3.62. The molecule has 3 aliphatic rings. The lowest BCUT2D eigenvalue weighted by Gasteiger charge is -2.50. The number of carbonyl (C=O) groups is 2. The quantitative estimate of drug-likeness (QED) is 0.658. The van der Waals surface area contributed by atoms with Crippen LogP contribution >= 0.6 is 0 Å². The second-order valence-electron chi connectivity index (χ2n) is 5.46. The van der Waals surface area contributed by atoms with Crippen molar-refractivity contribution in [2.24, 2.45) is 11.3 Å². The van der Waals surface area contributed by atoms with Crippen LogP contribution < -0.4 is 0 Å². The molecule has 0 spiro atoms. The lowest BCUT2D eigenvalue weighted by Crippen LogP contribution is -2.60. The summed E-state index contributed by atoms with van der Waals surface area (Å²) < 4.78 is 10.9. The van der Waals surface area contributed by atoms with E-state index in [2.05, 4.69) is 0 Å². The Hall–Kier alpha value is -0.900. The maximum atomic E-state index is 12.4. The van der Waals surface area contributed by atoms with Gasteiger partial charge in [0.1, 0.15) is 12.2 Å². The van der Waals surface area contributed by atoms with Crippen LogP contribution in [0.15, 0.2) is 0 Å². The van der Waals surface area contributed by atoms with Gasteiger partial charge in [-0.3, -0.25) is 9.59 Å². The third-order valence-electron chi connectivity index (χ3n) is 4.59. The summed E-state index contributed by atoms with van der Waals surface area (Å²) >= 11 is 0. The minimum atomic E-state index is -0.613. The molecule has 0 unspecified atom stereocenters. The van der Waals surface area contributed by atoms with Crippen molar-refractivity contribution in [3.05, 3.63) is 0 Å². The van der Waals surface area contributed by atoms with Crippen LogP contribution in [0, 0.1) is 11.3 Å². The average molecular weight is 224 g/mol. The summed E-state index contributed by atoms with van der Waals surface area (Å²) in [6, 6.07) is 0. The number of ketones is 1. The van der Waals surface area contributed by atoms with Crippen LogP contribution in [0.5, 0.6) is 0 Å². The van der Waals surface area contributed by atoms with Gasteiger partial charge in [0, 0.05) is 6.92 Å². The van der Waals surface area contributed by atoms with Crippen molar-refractivity contribution in [3.63, 3.8) is 0 Å². The van der Waals surface area contributed by atoms with E-state index < -0.39 is 11.0 Å². The number of Topliss-reactive ketones (excluding diaryl/α,β-unsaturated/α-hetero) is 1. The second kappa shape index (κ2) is 2.86. The van der Waals surface area contributed by atoms with E-state index in [4.69, 9.17) is 9.47 Å². The van der Waals surface area contributed by atoms with E-state index in [0.29, 0.717) is 5.92 Å². The van der Waals surface area contributed by atoms with Gasteiger partial charge in [-0.25, -0.2) is 0 Å². The van der Waals surface area contributed by atoms with E-state index >= 15 is 0 Å². The molecule has 2 bridgehead atoms. The van der Waals surface area contributed by atoms with E-state index in [1.54, 1.807) is 0 Å². The van der Waals surface area contributed by atoms with Gasteiger partial charge in [-0.05, 0) is 32.1 Å². The normalized spacial score (nSPS) is 48.8. The Morgan fingerprint density at radius 3 is 3.06 bits per heavy atom. The standard InChI is InChI=1S/C12H16O4/c1-7(13)15-6-12-8-3-4-11(2,10(12)14)16-9(12)5-8/h8-9H,3-6H2,1-2H3/t8-,9+,11+,12+/m1/s1. The first-order chi connectivity index (χ1) is 7.49. The highest BCUT2D eigenvalue weighted by atomic mass is 16.6. The van der Waals surface area contributed by atoms with Crippen LogP contribution in [0.3, 0.4) is 0 Å². The first kappa shape index (κ1) is 10.3. The molecule has 0 aromatic heterocycles. The Morgan fingerprint density at radius 1 is 1.62 bits per heavy atom. The maximum absolute atomic E-state index is 12.4. The lowest BCUT2D eigenvalue weighted by atomic mass is 9.51. The highest BCUT2D eigenvalue weighted by Crippen LogP contribution is 2.63. The number of fused-ring (bicyclic) bond motifs is 1. The van der Waals surface area contributed by atoms with Crippen LogP contribution in [0.1, 0.15) is 33.1 Å². The van der Waals surface area contributed by atoms with Crippen molar-refractivity contribution in [1.29, 1.82) is 0 Å². The molecule has 2 aliphatic carbocycles. The molecule has 88 valence electrons. The summed E-state index contributed by atoms with van der Waals surface area (Å²) in [5, 5.41) is 0. The van der Waals surface area contributed by atoms with Crippen LogP contribution in [0.4, 0.5) is 0 Å². The Kier molecular flexibility index (Phi) is 1.83. The predicted octanol–water partition coefficient (Wildman–Crippen LogP) is 1.08. The summed E-state index contributed by atoms with van der Waals surface area (Å²) in [5.41, 5.74) is -1.11. The van der Waals surface area contributed by atoms with Crippen molar-refractivity contribution in [2.75, 3.05) is 6.61 Å². The fraction of sp³-hybridized carbons (Fsp3) is 0.833. The van der Waals surface area contributed by atoms with Gasteiger partial charge in [0.2, 0.25) is 0 Å². The Morgan fingerprint density at radius 2 is 2.38 bits per heavy atom. The van der Waals surface area contributed by atoms with Crippen molar-refractivity contribution in [1.82, 2.24) is 0 Å².